The van der Waals surface area contributed by atoms with Crippen LogP contribution in [0.5, 0.6) is 0 Å². The van der Waals surface area contributed by atoms with Gasteiger partial charge in [-0.3, -0.25) is 0 Å². The molecule has 0 saturated heterocycles. The van der Waals surface area contributed by atoms with E-state index in [-0.39, 0.29) is 11.3 Å². The lowest BCUT2D eigenvalue weighted by molar-refractivity contribution is 0.182. The maximum atomic E-state index is 13.7. The first-order valence-corrected chi connectivity index (χ1v) is 9.68. The van der Waals surface area contributed by atoms with Crippen LogP contribution in [-0.4, -0.2) is 35.5 Å². The molecule has 3 heterocycles. The third-order valence-corrected chi connectivity index (χ3v) is 6.13. The van der Waals surface area contributed by atoms with Crippen LogP contribution >= 0.6 is 11.6 Å². The lowest BCUT2D eigenvalue weighted by atomic mass is 9.71. The Morgan fingerprint density at radius 2 is 1.89 bits per heavy atom. The number of halogens is 2. The van der Waals surface area contributed by atoms with E-state index in [1.54, 1.807) is 9.20 Å². The van der Waals surface area contributed by atoms with Crippen LogP contribution in [-0.2, 0) is 0 Å². The number of rotatable bonds is 3. The van der Waals surface area contributed by atoms with Crippen LogP contribution in [0.3, 0.4) is 0 Å². The van der Waals surface area contributed by atoms with Crippen molar-refractivity contribution >= 4 is 17.2 Å². The molecule has 0 amide bonds. The Bertz CT molecular complexity index is 1180. The van der Waals surface area contributed by atoms with Gasteiger partial charge in [0, 0.05) is 28.1 Å². The zero-order valence-electron chi connectivity index (χ0n) is 14.8. The molecule has 2 saturated carbocycles. The number of nitrogens with zero attached hydrogens (tertiary/aromatic N) is 6. The normalized spacial score (nSPS) is 25.9. The molecule has 2 aliphatic carbocycles. The van der Waals surface area contributed by atoms with Gasteiger partial charge in [-0.2, -0.15) is 9.67 Å². The van der Waals surface area contributed by atoms with Crippen molar-refractivity contribution in [2.24, 2.45) is 5.41 Å². The van der Waals surface area contributed by atoms with E-state index in [1.807, 2.05) is 48.7 Å². The summed E-state index contributed by atoms with van der Waals surface area (Å²) in [5.74, 6) is 1.99. The first kappa shape index (κ1) is 16.2. The van der Waals surface area contributed by atoms with Crippen molar-refractivity contribution in [2.45, 2.75) is 31.4 Å². The number of alkyl halides is 1. The Hall–Kier alpha value is -2.80. The van der Waals surface area contributed by atoms with Gasteiger partial charge in [0.15, 0.2) is 11.5 Å². The van der Waals surface area contributed by atoms with Crippen LogP contribution in [0.15, 0.2) is 48.7 Å². The number of hydrogen-bond acceptors (Lipinski definition) is 4. The Kier molecular flexibility index (Phi) is 3.24. The molecular weight excluding hydrogens is 379 g/mol. The highest BCUT2D eigenvalue weighted by atomic mass is 35.5. The predicted octanol–water partition coefficient (Wildman–Crippen LogP) is 4.24. The fraction of sp³-hybridized carbons (Fsp3) is 0.300. The van der Waals surface area contributed by atoms with Crippen LogP contribution in [0.1, 0.15) is 31.0 Å². The summed E-state index contributed by atoms with van der Waals surface area (Å²) in [6.45, 7) is 0. The van der Waals surface area contributed by atoms with E-state index in [2.05, 4.69) is 10.1 Å². The fourth-order valence-electron chi connectivity index (χ4n) is 4.22. The quantitative estimate of drug-likeness (QED) is 0.521. The molecule has 1 spiro atoms. The Morgan fingerprint density at radius 1 is 1.04 bits per heavy atom. The SMILES string of the molecule is FC1CC12CC(c1nc(-c3cccc(Cl)c3)nn1-c1nc3ccccn3n1)C2. The third-order valence-electron chi connectivity index (χ3n) is 5.90. The predicted molar refractivity (Wildman–Crippen MR) is 102 cm³/mol. The average Bonchev–Trinajstić information content (AvgIpc) is 3.04. The van der Waals surface area contributed by atoms with Crippen LogP contribution < -0.4 is 0 Å². The topological polar surface area (TPSA) is 60.9 Å². The van der Waals surface area contributed by atoms with Gasteiger partial charge in [0.2, 0.25) is 0 Å². The summed E-state index contributed by atoms with van der Waals surface area (Å²) in [6.07, 6.45) is 3.45. The molecule has 0 aliphatic heterocycles. The van der Waals surface area contributed by atoms with Crippen LogP contribution in [0.25, 0.3) is 23.0 Å². The molecule has 4 aromatic rings. The second-order valence-electron chi connectivity index (χ2n) is 7.77. The van der Waals surface area contributed by atoms with Gasteiger partial charge in [-0.25, -0.2) is 13.9 Å². The van der Waals surface area contributed by atoms with Crippen LogP contribution in [0.2, 0.25) is 5.02 Å². The average molecular weight is 395 g/mol. The zero-order valence-corrected chi connectivity index (χ0v) is 15.6. The molecule has 6 rings (SSSR count). The lowest BCUT2D eigenvalue weighted by Gasteiger charge is -2.34. The van der Waals surface area contributed by atoms with Crippen molar-refractivity contribution < 1.29 is 4.39 Å². The van der Waals surface area contributed by atoms with E-state index in [9.17, 15) is 4.39 Å². The summed E-state index contributed by atoms with van der Waals surface area (Å²) in [4.78, 5) is 9.38. The molecule has 1 atom stereocenters. The zero-order chi connectivity index (χ0) is 18.9. The molecule has 0 bridgehead atoms. The molecule has 0 radical (unpaired) electrons. The minimum absolute atomic E-state index is 0.121. The molecule has 3 aromatic heterocycles. The van der Waals surface area contributed by atoms with Gasteiger partial charge in [-0.15, -0.1) is 10.2 Å². The summed E-state index contributed by atoms with van der Waals surface area (Å²) in [6, 6.07) is 13.2. The molecule has 6 nitrogen and oxygen atoms in total. The maximum absolute atomic E-state index is 13.7. The summed E-state index contributed by atoms with van der Waals surface area (Å²) in [5.41, 5.74) is 1.45. The summed E-state index contributed by atoms with van der Waals surface area (Å²) < 4.78 is 17.1. The fourth-order valence-corrected chi connectivity index (χ4v) is 4.41. The van der Waals surface area contributed by atoms with Crippen molar-refractivity contribution in [2.75, 3.05) is 0 Å². The van der Waals surface area contributed by atoms with Crippen LogP contribution in [0, 0.1) is 5.41 Å². The van der Waals surface area contributed by atoms with E-state index in [1.165, 1.54) is 0 Å². The van der Waals surface area contributed by atoms with Gasteiger partial charge < -0.3 is 0 Å². The molecule has 28 heavy (non-hydrogen) atoms. The van der Waals surface area contributed by atoms with Crippen LogP contribution in [0.4, 0.5) is 4.39 Å². The van der Waals surface area contributed by atoms with Gasteiger partial charge >= 0.3 is 0 Å². The van der Waals surface area contributed by atoms with Gasteiger partial charge in [0.05, 0.1) is 0 Å². The molecule has 1 unspecified atom stereocenters. The van der Waals surface area contributed by atoms with Crippen molar-refractivity contribution in [3.05, 3.63) is 59.5 Å². The Labute approximate surface area is 165 Å². The van der Waals surface area contributed by atoms with E-state index in [4.69, 9.17) is 21.7 Å². The first-order valence-electron chi connectivity index (χ1n) is 9.30. The molecule has 8 heteroatoms. The molecular formula is C20H16ClFN6. The number of fused-ring (bicyclic) bond motifs is 1. The second kappa shape index (κ2) is 5.61. The van der Waals surface area contributed by atoms with Gasteiger partial charge in [0.1, 0.15) is 12.0 Å². The highest BCUT2D eigenvalue weighted by Crippen LogP contribution is 2.67. The standard InChI is InChI=1S/C20H16ClFN6/c21-14-5-3-4-12(8-14)17-24-18(13-9-20(10-13)11-15(20)22)28(25-17)19-23-16-6-1-2-7-27(16)26-19/h1-8,13,15H,9-11H2. The minimum Gasteiger partial charge on any atom is -0.247 e. The van der Waals surface area contributed by atoms with E-state index >= 15 is 0 Å². The number of benzene rings is 1. The lowest BCUT2D eigenvalue weighted by Crippen LogP contribution is -2.28. The second-order valence-corrected chi connectivity index (χ2v) is 8.21. The molecule has 1 aromatic carbocycles. The number of hydrogen-bond donors (Lipinski definition) is 0. The monoisotopic (exact) mass is 394 g/mol. The number of aromatic nitrogens is 6. The largest absolute Gasteiger partial charge is 0.272 e. The summed E-state index contributed by atoms with van der Waals surface area (Å²) in [5, 5.41) is 9.86. The Balaban J connectivity index is 1.46. The Morgan fingerprint density at radius 3 is 2.64 bits per heavy atom. The van der Waals surface area contributed by atoms with E-state index in [0.29, 0.717) is 23.2 Å². The van der Waals surface area contributed by atoms with E-state index < -0.39 is 6.17 Å². The van der Waals surface area contributed by atoms with Crippen molar-refractivity contribution in [3.8, 4) is 17.3 Å². The minimum atomic E-state index is -0.666. The van der Waals surface area contributed by atoms with Crippen molar-refractivity contribution in [1.82, 2.24) is 29.4 Å². The smallest absolute Gasteiger partial charge is 0.247 e. The maximum Gasteiger partial charge on any atom is 0.272 e. The number of pyridine rings is 1. The van der Waals surface area contributed by atoms with Gasteiger partial charge in [-0.1, -0.05) is 29.8 Å². The molecule has 140 valence electrons. The summed E-state index contributed by atoms with van der Waals surface area (Å²) in [7, 11) is 0. The molecule has 0 N–H and O–H groups in total. The van der Waals surface area contributed by atoms with E-state index in [0.717, 1.165) is 29.9 Å². The summed E-state index contributed by atoms with van der Waals surface area (Å²) >= 11 is 6.14. The third kappa shape index (κ3) is 2.39. The van der Waals surface area contributed by atoms with Gasteiger partial charge in [0.25, 0.3) is 5.95 Å². The first-order chi connectivity index (χ1) is 13.6. The van der Waals surface area contributed by atoms with Gasteiger partial charge in [-0.05, 0) is 43.5 Å². The van der Waals surface area contributed by atoms with Crippen molar-refractivity contribution in [1.29, 1.82) is 0 Å². The molecule has 2 fully saturated rings. The highest BCUT2D eigenvalue weighted by molar-refractivity contribution is 6.30. The molecule has 2 aliphatic rings. The highest BCUT2D eigenvalue weighted by Gasteiger charge is 2.63. The van der Waals surface area contributed by atoms with Crippen molar-refractivity contribution in [3.63, 3.8) is 0 Å².